The van der Waals surface area contributed by atoms with Crippen LogP contribution in [0.3, 0.4) is 0 Å². The number of H-pyrrole nitrogens is 1. The summed E-state index contributed by atoms with van der Waals surface area (Å²) in [6, 6.07) is 7.51. The molecule has 0 saturated heterocycles. The number of hydrogen-bond donors (Lipinski definition) is 3. The molecule has 1 aliphatic heterocycles. The van der Waals surface area contributed by atoms with E-state index >= 15 is 0 Å². The van der Waals surface area contributed by atoms with Crippen molar-refractivity contribution in [1.29, 1.82) is 0 Å². The molecule has 0 bridgehead atoms. The van der Waals surface area contributed by atoms with Crippen molar-refractivity contribution in [3.05, 3.63) is 55.5 Å². The van der Waals surface area contributed by atoms with Crippen LogP contribution in [0, 0.1) is 6.92 Å². The molecule has 1 atom stereocenters. The molecule has 9 heteroatoms. The zero-order chi connectivity index (χ0) is 23.8. The van der Waals surface area contributed by atoms with Gasteiger partial charge in [0.25, 0.3) is 0 Å². The van der Waals surface area contributed by atoms with E-state index in [9.17, 15) is 15.0 Å². The van der Waals surface area contributed by atoms with Crippen LogP contribution in [0.15, 0.2) is 29.1 Å². The molecular formula is C24H27NO7S. The molecule has 8 nitrogen and oxygen atoms in total. The molecule has 3 N–H and O–H groups in total. The van der Waals surface area contributed by atoms with Crippen LogP contribution in [0.4, 0.5) is 0 Å². The molecule has 2 heterocycles. The van der Waals surface area contributed by atoms with Gasteiger partial charge in [-0.3, -0.25) is 9.78 Å². The number of aromatic nitrogens is 1. The van der Waals surface area contributed by atoms with Gasteiger partial charge in [-0.25, -0.2) is 0 Å². The fraction of sp³-hybridized carbons (Fsp3) is 0.375. The van der Waals surface area contributed by atoms with Crippen molar-refractivity contribution in [2.45, 2.75) is 38.7 Å². The number of thiazole rings is 1. The van der Waals surface area contributed by atoms with Crippen molar-refractivity contribution in [2.24, 2.45) is 0 Å². The predicted octanol–water partition coefficient (Wildman–Crippen LogP) is 3.93. The van der Waals surface area contributed by atoms with Gasteiger partial charge < -0.3 is 29.2 Å². The molecule has 0 saturated carbocycles. The Kier molecular flexibility index (Phi) is 6.16. The highest BCUT2D eigenvalue weighted by atomic mass is 32.1. The zero-order valence-corrected chi connectivity index (χ0v) is 19.8. The minimum absolute atomic E-state index is 0.0666. The maximum Gasteiger partial charge on any atom is 0.307 e. The van der Waals surface area contributed by atoms with E-state index in [4.69, 9.17) is 18.9 Å². The molecule has 1 aromatic heterocycles. The number of hydrogen-bond acceptors (Lipinski definition) is 8. The van der Waals surface area contributed by atoms with Gasteiger partial charge in [0.15, 0.2) is 11.5 Å². The van der Waals surface area contributed by atoms with E-state index in [1.54, 1.807) is 0 Å². The average molecular weight is 474 g/mol. The van der Waals surface area contributed by atoms with Crippen molar-refractivity contribution in [2.75, 3.05) is 20.8 Å². The van der Waals surface area contributed by atoms with E-state index in [-0.39, 0.29) is 22.3 Å². The van der Waals surface area contributed by atoms with Gasteiger partial charge in [0.1, 0.15) is 18.0 Å². The first kappa shape index (κ1) is 22.8. The van der Waals surface area contributed by atoms with Gasteiger partial charge >= 0.3 is 4.87 Å². The van der Waals surface area contributed by atoms with Crippen LogP contribution < -0.4 is 23.8 Å². The smallest absolute Gasteiger partial charge is 0.307 e. The third kappa shape index (κ3) is 4.45. The topological polar surface area (TPSA) is 110 Å². The number of phenolic OH excluding ortho intramolecular Hbond substituents is 1. The van der Waals surface area contributed by atoms with Crippen LogP contribution in [0.2, 0.25) is 0 Å². The lowest BCUT2D eigenvalue weighted by Gasteiger charge is -2.37. The van der Waals surface area contributed by atoms with Gasteiger partial charge in [0.05, 0.1) is 19.1 Å². The number of aromatic hydroxyl groups is 2. The highest BCUT2D eigenvalue weighted by Gasteiger charge is 2.37. The molecule has 0 amide bonds. The first-order valence-electron chi connectivity index (χ1n) is 10.5. The second-order valence-electron chi connectivity index (χ2n) is 8.30. The summed E-state index contributed by atoms with van der Waals surface area (Å²) in [5.74, 6) is 1.88. The SMILES string of the molecule is COc1c(O)c(C)c2c(c1OC)OC(C)(COc1ccc(Cc3sc(=O)[nH]c3O)cc1)CC2. The number of fused-ring (bicyclic) bond motifs is 1. The molecule has 0 radical (unpaired) electrons. The standard InChI is InChI=1S/C24H27NO7S/c1-13-16-9-10-24(2,32-19(16)21(30-4)20(29-3)18(13)26)12-31-15-7-5-14(6-8-15)11-17-22(27)25-23(28)33-17/h5-8,26-27H,9-12H2,1-4H3,(H,25,28). The summed E-state index contributed by atoms with van der Waals surface area (Å²) in [6.07, 6.45) is 1.87. The summed E-state index contributed by atoms with van der Waals surface area (Å²) >= 11 is 1.000. The minimum Gasteiger partial charge on any atom is -0.504 e. The molecule has 2 aromatic carbocycles. The van der Waals surface area contributed by atoms with Gasteiger partial charge in [0.2, 0.25) is 17.4 Å². The second kappa shape index (κ2) is 8.90. The van der Waals surface area contributed by atoms with Gasteiger partial charge in [-0.1, -0.05) is 23.5 Å². The predicted molar refractivity (Wildman–Crippen MR) is 125 cm³/mol. The Hall–Kier alpha value is -3.33. The molecule has 0 aliphatic carbocycles. The van der Waals surface area contributed by atoms with Crippen LogP contribution in [0.25, 0.3) is 0 Å². The summed E-state index contributed by atoms with van der Waals surface area (Å²) in [7, 11) is 3.00. The number of phenols is 1. The van der Waals surface area contributed by atoms with E-state index in [2.05, 4.69) is 4.98 Å². The number of nitrogens with one attached hydrogen (secondary N) is 1. The highest BCUT2D eigenvalue weighted by molar-refractivity contribution is 7.09. The summed E-state index contributed by atoms with van der Waals surface area (Å²) in [6.45, 7) is 4.14. The molecule has 1 aliphatic rings. The molecule has 4 rings (SSSR count). The van der Waals surface area contributed by atoms with Crippen molar-refractivity contribution in [3.63, 3.8) is 0 Å². The molecule has 1 unspecified atom stereocenters. The Morgan fingerprint density at radius 2 is 1.85 bits per heavy atom. The van der Waals surface area contributed by atoms with Gasteiger partial charge in [-0.15, -0.1) is 0 Å². The summed E-state index contributed by atoms with van der Waals surface area (Å²) in [5.41, 5.74) is 1.98. The maximum absolute atomic E-state index is 11.4. The molecule has 176 valence electrons. The fourth-order valence-corrected chi connectivity index (χ4v) is 4.76. The number of ether oxygens (including phenoxy) is 4. The van der Waals surface area contributed by atoms with E-state index in [1.165, 1.54) is 14.2 Å². The van der Waals surface area contributed by atoms with E-state index in [0.717, 1.165) is 28.0 Å². The quantitative estimate of drug-likeness (QED) is 0.477. The second-order valence-corrected chi connectivity index (χ2v) is 9.36. The Labute approximate surface area is 195 Å². The van der Waals surface area contributed by atoms with E-state index < -0.39 is 5.60 Å². The zero-order valence-electron chi connectivity index (χ0n) is 19.0. The van der Waals surface area contributed by atoms with Crippen LogP contribution in [-0.2, 0) is 12.8 Å². The van der Waals surface area contributed by atoms with Crippen molar-refractivity contribution in [3.8, 4) is 34.6 Å². The molecule has 33 heavy (non-hydrogen) atoms. The highest BCUT2D eigenvalue weighted by Crippen LogP contribution is 2.52. The number of aromatic amines is 1. The van der Waals surface area contributed by atoms with Crippen molar-refractivity contribution < 1.29 is 29.2 Å². The van der Waals surface area contributed by atoms with Gasteiger partial charge in [0, 0.05) is 17.5 Å². The Balaban J connectivity index is 1.47. The molecule has 0 spiro atoms. The lowest BCUT2D eigenvalue weighted by atomic mass is 9.90. The Morgan fingerprint density at radius 3 is 2.45 bits per heavy atom. The molecule has 3 aromatic rings. The van der Waals surface area contributed by atoms with Gasteiger partial charge in [-0.2, -0.15) is 0 Å². The average Bonchev–Trinajstić information content (AvgIpc) is 3.11. The fourth-order valence-electron chi connectivity index (χ4n) is 4.00. The molecular weight excluding hydrogens is 446 g/mol. The monoisotopic (exact) mass is 473 g/mol. The van der Waals surface area contributed by atoms with Crippen LogP contribution in [-0.4, -0.2) is 41.6 Å². The third-order valence-electron chi connectivity index (χ3n) is 5.90. The summed E-state index contributed by atoms with van der Waals surface area (Å²) in [4.78, 5) is 14.1. The normalized spacial score (nSPS) is 17.2. The van der Waals surface area contributed by atoms with Crippen molar-refractivity contribution in [1.82, 2.24) is 4.98 Å². The van der Waals surface area contributed by atoms with E-state index in [1.807, 2.05) is 38.1 Å². The third-order valence-corrected chi connectivity index (χ3v) is 6.77. The van der Waals surface area contributed by atoms with Crippen LogP contribution in [0.1, 0.15) is 34.9 Å². The van der Waals surface area contributed by atoms with Crippen LogP contribution >= 0.6 is 11.3 Å². The number of methoxy groups -OCH3 is 2. The molecule has 0 fully saturated rings. The Bertz CT molecular complexity index is 1220. The van der Waals surface area contributed by atoms with Gasteiger partial charge in [-0.05, 0) is 44.4 Å². The number of rotatable bonds is 7. The first-order valence-corrected chi connectivity index (χ1v) is 11.3. The van der Waals surface area contributed by atoms with Crippen LogP contribution in [0.5, 0.6) is 34.6 Å². The maximum atomic E-state index is 11.4. The number of benzene rings is 2. The lowest BCUT2D eigenvalue weighted by molar-refractivity contribution is 0.0146. The van der Waals surface area contributed by atoms with Crippen molar-refractivity contribution >= 4 is 11.3 Å². The Morgan fingerprint density at radius 1 is 1.15 bits per heavy atom. The lowest BCUT2D eigenvalue weighted by Crippen LogP contribution is -2.42. The first-order chi connectivity index (χ1) is 15.7. The summed E-state index contributed by atoms with van der Waals surface area (Å²) < 4.78 is 23.3. The largest absolute Gasteiger partial charge is 0.504 e. The van der Waals surface area contributed by atoms with E-state index in [0.29, 0.717) is 48.0 Å². The minimum atomic E-state index is -0.601. The summed E-state index contributed by atoms with van der Waals surface area (Å²) in [5, 5.41) is 20.2.